The van der Waals surface area contributed by atoms with Gasteiger partial charge in [-0.25, -0.2) is 8.42 Å². The van der Waals surface area contributed by atoms with Crippen LogP contribution in [0.2, 0.25) is 0 Å². The average molecular weight is 266 g/mol. The minimum atomic E-state index is -4.82. The van der Waals surface area contributed by atoms with Crippen molar-refractivity contribution >= 4 is 21.4 Å². The van der Waals surface area contributed by atoms with Crippen LogP contribution in [0.15, 0.2) is 24.3 Å². The molecule has 1 aromatic rings. The van der Waals surface area contributed by atoms with E-state index in [2.05, 4.69) is 0 Å². The lowest BCUT2D eigenvalue weighted by Gasteiger charge is -2.24. The molecule has 0 aliphatic heterocycles. The quantitative estimate of drug-likeness (QED) is 0.765. The summed E-state index contributed by atoms with van der Waals surface area (Å²) in [5.41, 5.74) is 5.49. The molecule has 0 bridgehead atoms. The van der Waals surface area contributed by atoms with E-state index < -0.39 is 28.9 Å². The number of para-hydroxylation sites is 2. The van der Waals surface area contributed by atoms with Crippen molar-refractivity contribution in [2.24, 2.45) is 0 Å². The molecule has 0 fully saturated rings. The second-order valence-corrected chi connectivity index (χ2v) is 4.99. The van der Waals surface area contributed by atoms with Gasteiger partial charge in [0.2, 0.25) is 0 Å². The minimum absolute atomic E-state index is 0.0465. The number of rotatable bonds is 5. The van der Waals surface area contributed by atoms with Crippen LogP contribution in [0.3, 0.4) is 0 Å². The lowest BCUT2D eigenvalue weighted by molar-refractivity contribution is 0.233. The molecule has 1 aromatic carbocycles. The summed E-state index contributed by atoms with van der Waals surface area (Å²) in [5.74, 6) is -3.56. The average Bonchev–Trinajstić information content (AvgIpc) is 2.26. The molecule has 8 heteroatoms. The SMILES string of the molecule is Nc1ccccc1N(CCO)S(=O)(=O)C(F)F. The Labute approximate surface area is 97.5 Å². The number of nitrogens with zero attached hydrogens (tertiary/aromatic N) is 1. The Morgan fingerprint density at radius 2 is 1.94 bits per heavy atom. The van der Waals surface area contributed by atoms with E-state index in [4.69, 9.17) is 10.8 Å². The van der Waals surface area contributed by atoms with E-state index in [-0.39, 0.29) is 11.4 Å². The van der Waals surface area contributed by atoms with Gasteiger partial charge in [-0.3, -0.25) is 4.31 Å². The summed E-state index contributed by atoms with van der Waals surface area (Å²) in [4.78, 5) is 0. The molecule has 0 aliphatic carbocycles. The molecule has 0 atom stereocenters. The van der Waals surface area contributed by atoms with Crippen LogP contribution < -0.4 is 10.0 Å². The molecule has 3 N–H and O–H groups in total. The third-order valence-electron chi connectivity index (χ3n) is 2.04. The predicted octanol–water partition coefficient (Wildman–Crippen LogP) is 0.620. The zero-order valence-electron chi connectivity index (χ0n) is 8.75. The van der Waals surface area contributed by atoms with Crippen LogP contribution in [0.5, 0.6) is 0 Å². The van der Waals surface area contributed by atoms with Crippen molar-refractivity contribution in [1.29, 1.82) is 0 Å². The molecule has 0 radical (unpaired) electrons. The van der Waals surface area contributed by atoms with Crippen molar-refractivity contribution in [3.8, 4) is 0 Å². The Balaban J connectivity index is 3.24. The second-order valence-electron chi connectivity index (χ2n) is 3.16. The van der Waals surface area contributed by atoms with E-state index >= 15 is 0 Å². The van der Waals surface area contributed by atoms with Gasteiger partial charge in [0, 0.05) is 0 Å². The van der Waals surface area contributed by atoms with Crippen molar-refractivity contribution in [3.63, 3.8) is 0 Å². The number of benzene rings is 1. The third kappa shape index (κ3) is 2.83. The van der Waals surface area contributed by atoms with Crippen LogP contribution in [-0.4, -0.2) is 32.4 Å². The molecule has 1 rings (SSSR count). The number of alkyl halides is 2. The first-order valence-electron chi connectivity index (χ1n) is 4.66. The van der Waals surface area contributed by atoms with Crippen molar-refractivity contribution < 1.29 is 22.3 Å². The Kier molecular flexibility index (Phi) is 4.24. The second kappa shape index (κ2) is 5.28. The summed E-state index contributed by atoms with van der Waals surface area (Å²) >= 11 is 0. The molecule has 0 amide bonds. The van der Waals surface area contributed by atoms with Crippen LogP contribution >= 0.6 is 0 Å². The highest BCUT2D eigenvalue weighted by Gasteiger charge is 2.32. The lowest BCUT2D eigenvalue weighted by Crippen LogP contribution is -2.37. The van der Waals surface area contributed by atoms with Gasteiger partial charge in [0.1, 0.15) is 0 Å². The molecule has 17 heavy (non-hydrogen) atoms. The van der Waals surface area contributed by atoms with E-state index in [1.807, 2.05) is 0 Å². The van der Waals surface area contributed by atoms with Gasteiger partial charge in [-0.2, -0.15) is 8.78 Å². The number of anilines is 2. The lowest BCUT2D eigenvalue weighted by atomic mass is 10.3. The topological polar surface area (TPSA) is 83.6 Å². The fourth-order valence-electron chi connectivity index (χ4n) is 1.29. The largest absolute Gasteiger partial charge is 0.397 e. The molecule has 0 heterocycles. The van der Waals surface area contributed by atoms with Gasteiger partial charge < -0.3 is 10.8 Å². The summed E-state index contributed by atoms with van der Waals surface area (Å²) < 4.78 is 48.1. The minimum Gasteiger partial charge on any atom is -0.397 e. The standard InChI is InChI=1S/C9H12F2N2O3S/c10-9(11)17(15,16)13(5-6-14)8-4-2-1-3-7(8)12/h1-4,9,14H,5-6,12H2. The summed E-state index contributed by atoms with van der Waals surface area (Å²) in [6, 6.07) is 5.70. The molecular weight excluding hydrogens is 254 g/mol. The molecule has 5 nitrogen and oxygen atoms in total. The molecule has 0 aromatic heterocycles. The molecule has 0 unspecified atom stereocenters. The number of nitrogens with two attached hydrogens (primary N) is 1. The molecule has 0 aliphatic rings. The number of hydrogen-bond donors (Lipinski definition) is 2. The van der Waals surface area contributed by atoms with Gasteiger partial charge >= 0.3 is 5.76 Å². The third-order valence-corrected chi connectivity index (χ3v) is 3.48. The highest BCUT2D eigenvalue weighted by molar-refractivity contribution is 7.93. The van der Waals surface area contributed by atoms with Gasteiger partial charge in [0.15, 0.2) is 0 Å². The molecule has 96 valence electrons. The first-order valence-corrected chi connectivity index (χ1v) is 6.16. The number of aliphatic hydroxyl groups is 1. The van der Waals surface area contributed by atoms with E-state index in [0.717, 1.165) is 0 Å². The normalized spacial score (nSPS) is 11.8. The maximum absolute atomic E-state index is 12.5. The van der Waals surface area contributed by atoms with Crippen molar-refractivity contribution in [1.82, 2.24) is 0 Å². The monoisotopic (exact) mass is 266 g/mol. The maximum atomic E-state index is 12.5. The number of halogens is 2. The van der Waals surface area contributed by atoms with Gasteiger partial charge in [0.05, 0.1) is 24.5 Å². The van der Waals surface area contributed by atoms with Crippen molar-refractivity contribution in [3.05, 3.63) is 24.3 Å². The van der Waals surface area contributed by atoms with Crippen molar-refractivity contribution in [2.75, 3.05) is 23.2 Å². The van der Waals surface area contributed by atoms with Crippen LogP contribution in [0, 0.1) is 0 Å². The van der Waals surface area contributed by atoms with E-state index in [1.54, 1.807) is 6.07 Å². The van der Waals surface area contributed by atoms with Gasteiger partial charge in [-0.15, -0.1) is 0 Å². The zero-order valence-corrected chi connectivity index (χ0v) is 9.57. The van der Waals surface area contributed by atoms with Gasteiger partial charge in [-0.05, 0) is 12.1 Å². The smallest absolute Gasteiger partial charge is 0.355 e. The Morgan fingerprint density at radius 1 is 1.35 bits per heavy atom. The number of sulfonamides is 1. The number of nitrogen functional groups attached to an aromatic ring is 1. The van der Waals surface area contributed by atoms with Crippen LogP contribution in [0.4, 0.5) is 20.2 Å². The summed E-state index contributed by atoms with van der Waals surface area (Å²) in [6.07, 6.45) is 0. The zero-order chi connectivity index (χ0) is 13.1. The molecular formula is C9H12F2N2O3S. The number of hydrogen-bond acceptors (Lipinski definition) is 4. The Morgan fingerprint density at radius 3 is 2.41 bits per heavy atom. The molecule has 0 spiro atoms. The summed E-state index contributed by atoms with van der Waals surface area (Å²) in [6.45, 7) is -1.05. The van der Waals surface area contributed by atoms with E-state index in [9.17, 15) is 17.2 Å². The fraction of sp³-hybridized carbons (Fsp3) is 0.333. The van der Waals surface area contributed by atoms with E-state index in [0.29, 0.717) is 4.31 Å². The summed E-state index contributed by atoms with van der Waals surface area (Å²) in [7, 11) is -4.82. The summed E-state index contributed by atoms with van der Waals surface area (Å²) in [5, 5.41) is 8.74. The molecule has 0 saturated carbocycles. The highest BCUT2D eigenvalue weighted by Crippen LogP contribution is 2.27. The van der Waals surface area contributed by atoms with Crippen LogP contribution in [0.25, 0.3) is 0 Å². The van der Waals surface area contributed by atoms with Gasteiger partial charge in [0.25, 0.3) is 10.0 Å². The first-order chi connectivity index (χ1) is 7.91. The van der Waals surface area contributed by atoms with E-state index in [1.165, 1.54) is 18.2 Å². The van der Waals surface area contributed by atoms with Crippen LogP contribution in [-0.2, 0) is 10.0 Å². The Hall–Kier alpha value is -1.41. The fourth-order valence-corrected chi connectivity index (χ4v) is 2.26. The van der Waals surface area contributed by atoms with Crippen LogP contribution in [0.1, 0.15) is 0 Å². The Bertz CT molecular complexity index is 479. The highest BCUT2D eigenvalue weighted by atomic mass is 32.2. The van der Waals surface area contributed by atoms with Crippen molar-refractivity contribution in [2.45, 2.75) is 5.76 Å². The first kappa shape index (κ1) is 13.7. The van der Waals surface area contributed by atoms with Gasteiger partial charge in [-0.1, -0.05) is 12.1 Å². The number of aliphatic hydroxyl groups excluding tert-OH is 1. The maximum Gasteiger partial charge on any atom is 0.355 e. The predicted molar refractivity (Wildman–Crippen MR) is 60.2 cm³/mol. The molecule has 0 saturated heterocycles.